The van der Waals surface area contributed by atoms with Gasteiger partial charge in [0.1, 0.15) is 5.75 Å². The lowest BCUT2D eigenvalue weighted by Gasteiger charge is -2.22. The highest BCUT2D eigenvalue weighted by Crippen LogP contribution is 2.27. The van der Waals surface area contributed by atoms with E-state index in [4.69, 9.17) is 21.3 Å². The maximum Gasteiger partial charge on any atom is 0.119 e. The number of rotatable bonds is 5. The minimum Gasteiger partial charge on any atom is -0.493 e. The summed E-state index contributed by atoms with van der Waals surface area (Å²) in [4.78, 5) is 4.71. The van der Waals surface area contributed by atoms with Gasteiger partial charge in [-0.2, -0.15) is 0 Å². The fourth-order valence-corrected chi connectivity index (χ4v) is 4.19. The summed E-state index contributed by atoms with van der Waals surface area (Å²) in [6, 6.07) is 14.3. The van der Waals surface area contributed by atoms with Crippen LogP contribution < -0.4 is 4.74 Å². The van der Waals surface area contributed by atoms with E-state index in [-0.39, 0.29) is 0 Å². The van der Waals surface area contributed by atoms with Crippen molar-refractivity contribution >= 4 is 23.4 Å². The van der Waals surface area contributed by atoms with E-state index in [9.17, 15) is 0 Å². The number of hydrogen-bond donors (Lipinski definition) is 0. The van der Waals surface area contributed by atoms with Crippen molar-refractivity contribution in [2.75, 3.05) is 13.2 Å². The maximum absolute atomic E-state index is 6.25. The van der Waals surface area contributed by atoms with Crippen LogP contribution in [0.3, 0.4) is 0 Å². The van der Waals surface area contributed by atoms with Crippen molar-refractivity contribution in [2.24, 2.45) is 10.9 Å². The molecule has 0 N–H and O–H groups in total. The Balaban J connectivity index is 1.46. The molecule has 1 aliphatic carbocycles. The molecule has 0 atom stereocenters. The smallest absolute Gasteiger partial charge is 0.119 e. The highest BCUT2D eigenvalue weighted by atomic mass is 35.5. The molecule has 2 aromatic carbocycles. The Labute approximate surface area is 166 Å². The summed E-state index contributed by atoms with van der Waals surface area (Å²) in [5.41, 5.74) is 4.57. The molecule has 0 amide bonds. The minimum atomic E-state index is 0.727. The summed E-state index contributed by atoms with van der Waals surface area (Å²) in [6.07, 6.45) is 11.8. The number of fused-ring (bicyclic) bond motifs is 1. The fraction of sp³-hybridized carbons (Fsp3) is 0.375. The monoisotopic (exact) mass is 379 g/mol. The van der Waals surface area contributed by atoms with Crippen LogP contribution in [0.4, 0.5) is 0 Å². The molecule has 1 fully saturated rings. The number of aliphatic imine (C=N–C) groups is 1. The van der Waals surface area contributed by atoms with E-state index >= 15 is 0 Å². The number of halogens is 1. The summed E-state index contributed by atoms with van der Waals surface area (Å²) >= 11 is 6.25. The van der Waals surface area contributed by atoms with Gasteiger partial charge in [0.15, 0.2) is 0 Å². The molecular formula is C24H26ClNO. The van der Waals surface area contributed by atoms with Gasteiger partial charge in [0.2, 0.25) is 0 Å². The molecule has 2 aliphatic rings. The SMILES string of the molecule is Clc1ccccc1/C=C/C1=NCCc2cc(OCC3CCCCC3)ccc21. The summed E-state index contributed by atoms with van der Waals surface area (Å²) in [5.74, 6) is 1.72. The van der Waals surface area contributed by atoms with Gasteiger partial charge in [-0.3, -0.25) is 4.99 Å². The molecule has 140 valence electrons. The van der Waals surface area contributed by atoms with Crippen LogP contribution in [0.5, 0.6) is 5.75 Å². The minimum absolute atomic E-state index is 0.727. The lowest BCUT2D eigenvalue weighted by Crippen LogP contribution is -2.16. The van der Waals surface area contributed by atoms with Crippen LogP contribution in [0.25, 0.3) is 6.08 Å². The summed E-state index contributed by atoms with van der Waals surface area (Å²) in [6.45, 7) is 1.67. The van der Waals surface area contributed by atoms with Crippen molar-refractivity contribution in [2.45, 2.75) is 38.5 Å². The van der Waals surface area contributed by atoms with E-state index in [2.05, 4.69) is 24.3 Å². The van der Waals surface area contributed by atoms with Gasteiger partial charge in [-0.05, 0) is 66.6 Å². The molecule has 4 rings (SSSR count). The van der Waals surface area contributed by atoms with E-state index in [1.54, 1.807) is 0 Å². The van der Waals surface area contributed by atoms with E-state index < -0.39 is 0 Å². The summed E-state index contributed by atoms with van der Waals surface area (Å²) in [5, 5.41) is 0.761. The molecule has 0 aromatic heterocycles. The van der Waals surface area contributed by atoms with Crippen molar-refractivity contribution < 1.29 is 4.74 Å². The van der Waals surface area contributed by atoms with Crippen LogP contribution in [0.15, 0.2) is 53.5 Å². The number of hydrogen-bond acceptors (Lipinski definition) is 2. The Morgan fingerprint density at radius 1 is 1.04 bits per heavy atom. The Bertz CT molecular complexity index is 849. The zero-order valence-electron chi connectivity index (χ0n) is 15.7. The van der Waals surface area contributed by atoms with Gasteiger partial charge in [0.25, 0.3) is 0 Å². The average molecular weight is 380 g/mol. The third kappa shape index (κ3) is 4.62. The van der Waals surface area contributed by atoms with Gasteiger partial charge in [0.05, 0.1) is 12.3 Å². The average Bonchev–Trinajstić information content (AvgIpc) is 2.72. The molecule has 0 spiro atoms. The predicted octanol–water partition coefficient (Wildman–Crippen LogP) is 6.36. The van der Waals surface area contributed by atoms with E-state index in [1.807, 2.05) is 30.3 Å². The molecule has 0 radical (unpaired) electrons. The van der Waals surface area contributed by atoms with Crippen molar-refractivity contribution in [1.82, 2.24) is 0 Å². The molecular weight excluding hydrogens is 354 g/mol. The van der Waals surface area contributed by atoms with Gasteiger partial charge in [-0.25, -0.2) is 0 Å². The first kappa shape index (κ1) is 18.3. The van der Waals surface area contributed by atoms with Gasteiger partial charge in [-0.15, -0.1) is 0 Å². The van der Waals surface area contributed by atoms with Gasteiger partial charge >= 0.3 is 0 Å². The number of ether oxygens (including phenoxy) is 1. The summed E-state index contributed by atoms with van der Waals surface area (Å²) < 4.78 is 6.12. The molecule has 1 aliphatic heterocycles. The second-order valence-electron chi connectivity index (χ2n) is 7.51. The number of benzene rings is 2. The van der Waals surface area contributed by atoms with Gasteiger partial charge < -0.3 is 4.74 Å². The molecule has 0 bridgehead atoms. The van der Waals surface area contributed by atoms with Crippen LogP contribution in [-0.4, -0.2) is 18.9 Å². The highest BCUT2D eigenvalue weighted by Gasteiger charge is 2.16. The van der Waals surface area contributed by atoms with Crippen LogP contribution in [-0.2, 0) is 6.42 Å². The van der Waals surface area contributed by atoms with Crippen molar-refractivity contribution in [3.05, 3.63) is 70.3 Å². The summed E-state index contributed by atoms with van der Waals surface area (Å²) in [7, 11) is 0. The number of allylic oxidation sites excluding steroid dienone is 1. The Kier molecular flexibility index (Phi) is 5.94. The molecule has 1 saturated carbocycles. The molecule has 2 nitrogen and oxygen atoms in total. The Morgan fingerprint density at radius 3 is 2.74 bits per heavy atom. The van der Waals surface area contributed by atoms with E-state index in [1.165, 1.54) is 43.2 Å². The van der Waals surface area contributed by atoms with Crippen molar-refractivity contribution in [3.8, 4) is 5.75 Å². The molecule has 3 heteroatoms. The van der Waals surface area contributed by atoms with Crippen LogP contribution in [0.2, 0.25) is 5.02 Å². The van der Waals surface area contributed by atoms with Gasteiger partial charge in [-0.1, -0.05) is 55.1 Å². The lowest BCUT2D eigenvalue weighted by atomic mass is 9.90. The highest BCUT2D eigenvalue weighted by molar-refractivity contribution is 6.32. The maximum atomic E-state index is 6.25. The molecule has 27 heavy (non-hydrogen) atoms. The topological polar surface area (TPSA) is 21.6 Å². The van der Waals surface area contributed by atoms with Crippen molar-refractivity contribution in [3.63, 3.8) is 0 Å². The normalized spacial score (nSPS) is 17.6. The third-order valence-corrected chi connectivity index (χ3v) is 5.90. The zero-order chi connectivity index (χ0) is 18.5. The van der Waals surface area contributed by atoms with Crippen LogP contribution >= 0.6 is 11.6 Å². The largest absolute Gasteiger partial charge is 0.493 e. The lowest BCUT2D eigenvalue weighted by molar-refractivity contribution is 0.208. The zero-order valence-corrected chi connectivity index (χ0v) is 16.4. The first-order valence-corrected chi connectivity index (χ1v) is 10.4. The standard InChI is InChI=1S/C24H26ClNO/c25-23-9-5-4-8-19(23)10-13-24-22-12-11-21(16-20(22)14-15-26-24)27-17-18-6-2-1-3-7-18/h4-5,8-13,16,18H,1-3,6-7,14-15,17H2/b13-10+. The second-order valence-corrected chi connectivity index (χ2v) is 7.91. The second kappa shape index (κ2) is 8.75. The molecule has 0 saturated heterocycles. The van der Waals surface area contributed by atoms with E-state index in [0.717, 1.165) is 47.5 Å². The first-order chi connectivity index (χ1) is 13.3. The van der Waals surface area contributed by atoms with Crippen LogP contribution in [0.1, 0.15) is 48.8 Å². The Morgan fingerprint density at radius 2 is 1.89 bits per heavy atom. The quantitative estimate of drug-likeness (QED) is 0.592. The fourth-order valence-electron chi connectivity index (χ4n) is 3.99. The van der Waals surface area contributed by atoms with Crippen molar-refractivity contribution in [1.29, 1.82) is 0 Å². The molecule has 0 unspecified atom stereocenters. The number of nitrogens with zero attached hydrogens (tertiary/aromatic N) is 1. The molecule has 1 heterocycles. The first-order valence-electron chi connectivity index (χ1n) is 10.0. The molecule has 2 aromatic rings. The van der Waals surface area contributed by atoms with E-state index in [0.29, 0.717) is 0 Å². The van der Waals surface area contributed by atoms with Gasteiger partial charge in [0, 0.05) is 17.1 Å². The van der Waals surface area contributed by atoms with Crippen LogP contribution in [0, 0.1) is 5.92 Å². The Hall–Kier alpha value is -2.06. The predicted molar refractivity (Wildman–Crippen MR) is 114 cm³/mol. The third-order valence-electron chi connectivity index (χ3n) is 5.55.